The average molecular weight is 556 g/mol. The third-order valence-electron chi connectivity index (χ3n) is 6.95. The van der Waals surface area contributed by atoms with E-state index in [1.54, 1.807) is 29.2 Å². The number of carbonyl (C=O) groups is 3. The number of nitrogens with zero attached hydrogens (tertiary/aromatic N) is 3. The van der Waals surface area contributed by atoms with Crippen molar-refractivity contribution in [1.29, 1.82) is 0 Å². The fourth-order valence-electron chi connectivity index (χ4n) is 5.17. The summed E-state index contributed by atoms with van der Waals surface area (Å²) >= 11 is 8.30. The van der Waals surface area contributed by atoms with Crippen LogP contribution in [-0.2, 0) is 25.7 Å². The van der Waals surface area contributed by atoms with Gasteiger partial charge in [0.1, 0.15) is 11.8 Å². The van der Waals surface area contributed by atoms with Crippen LogP contribution < -0.4 is 9.77 Å². The molecule has 6 rings (SSSR count). The second-order valence-electron chi connectivity index (χ2n) is 9.06. The molecule has 0 saturated carbocycles. The predicted molar refractivity (Wildman–Crippen MR) is 141 cm³/mol. The van der Waals surface area contributed by atoms with Crippen molar-refractivity contribution in [3.63, 3.8) is 0 Å². The van der Waals surface area contributed by atoms with Gasteiger partial charge < -0.3 is 9.64 Å². The number of imide groups is 1. The first-order valence-corrected chi connectivity index (χ1v) is 14.0. The maximum atomic E-state index is 13.8. The van der Waals surface area contributed by atoms with Crippen LogP contribution >= 0.6 is 34.7 Å². The van der Waals surface area contributed by atoms with Crippen molar-refractivity contribution in [3.8, 4) is 0 Å². The van der Waals surface area contributed by atoms with Gasteiger partial charge in [0.25, 0.3) is 0 Å². The van der Waals surface area contributed by atoms with Crippen LogP contribution in [0.4, 0.5) is 5.69 Å². The van der Waals surface area contributed by atoms with Crippen LogP contribution in [-0.4, -0.2) is 58.7 Å². The standard InChI is InChI=1S/C26H22ClN3O5S2/c27-16-6-8-17(9-7-16)30-23(32)20-19(15-4-2-1-3-5-15)22-25(36-21(20)24(30)33)29(26(34)37-22)14-18(31)28-10-12-35-13-11-28/h1-9,19-21H,10-14H2/t19-,20-,21+/m0/s1. The lowest BCUT2D eigenvalue weighted by atomic mass is 9.83. The lowest BCUT2D eigenvalue weighted by Crippen LogP contribution is -2.43. The van der Waals surface area contributed by atoms with Crippen molar-refractivity contribution in [3.05, 3.63) is 79.7 Å². The number of fused-ring (bicyclic) bond motifs is 2. The highest BCUT2D eigenvalue weighted by molar-refractivity contribution is 8.00. The van der Waals surface area contributed by atoms with Crippen molar-refractivity contribution in [1.82, 2.24) is 9.47 Å². The summed E-state index contributed by atoms with van der Waals surface area (Å²) in [7, 11) is 0. The summed E-state index contributed by atoms with van der Waals surface area (Å²) in [5.74, 6) is -1.96. The number of thiazole rings is 1. The molecule has 190 valence electrons. The molecular weight excluding hydrogens is 534 g/mol. The average Bonchev–Trinajstić information content (AvgIpc) is 3.36. The number of morpholine rings is 1. The normalized spacial score (nSPS) is 23.2. The van der Waals surface area contributed by atoms with Crippen LogP contribution in [0.25, 0.3) is 0 Å². The molecule has 0 spiro atoms. The second-order valence-corrected chi connectivity index (χ2v) is 11.6. The van der Waals surface area contributed by atoms with Crippen LogP contribution in [0.15, 0.2) is 64.4 Å². The van der Waals surface area contributed by atoms with Crippen LogP contribution in [0.1, 0.15) is 16.4 Å². The van der Waals surface area contributed by atoms with E-state index in [2.05, 4.69) is 0 Å². The number of anilines is 1. The van der Waals surface area contributed by atoms with Gasteiger partial charge in [0.15, 0.2) is 0 Å². The van der Waals surface area contributed by atoms with E-state index >= 15 is 0 Å². The number of hydrogen-bond donors (Lipinski definition) is 0. The van der Waals surface area contributed by atoms with Gasteiger partial charge in [-0.3, -0.25) is 23.7 Å². The minimum Gasteiger partial charge on any atom is -0.378 e. The number of rotatable bonds is 4. The Kier molecular flexibility index (Phi) is 6.44. The zero-order valence-corrected chi connectivity index (χ0v) is 21.9. The van der Waals surface area contributed by atoms with E-state index in [0.717, 1.165) is 21.8 Å². The molecular formula is C26H22ClN3O5S2. The molecule has 3 atom stereocenters. The highest BCUT2D eigenvalue weighted by Crippen LogP contribution is 2.53. The lowest BCUT2D eigenvalue weighted by molar-refractivity contribution is -0.136. The first-order valence-electron chi connectivity index (χ1n) is 11.9. The van der Waals surface area contributed by atoms with E-state index in [1.807, 2.05) is 30.3 Å². The molecule has 3 amide bonds. The third kappa shape index (κ3) is 4.21. The molecule has 8 nitrogen and oxygen atoms in total. The number of halogens is 1. The van der Waals surface area contributed by atoms with Crippen LogP contribution in [0, 0.1) is 5.92 Å². The first-order chi connectivity index (χ1) is 17.9. The van der Waals surface area contributed by atoms with Gasteiger partial charge in [-0.25, -0.2) is 4.90 Å². The molecule has 2 fully saturated rings. The molecule has 3 aliphatic rings. The molecule has 0 N–H and O–H groups in total. The number of thioether (sulfide) groups is 1. The van der Waals surface area contributed by atoms with E-state index < -0.39 is 17.1 Å². The fraction of sp³-hybridized carbons (Fsp3) is 0.308. The molecule has 37 heavy (non-hydrogen) atoms. The van der Waals surface area contributed by atoms with Crippen LogP contribution in [0.3, 0.4) is 0 Å². The van der Waals surface area contributed by atoms with Crippen molar-refractivity contribution >= 4 is 58.1 Å². The summed E-state index contributed by atoms with van der Waals surface area (Å²) in [6, 6.07) is 16.1. The Bertz CT molecular complexity index is 1430. The Morgan fingerprint density at radius 2 is 1.68 bits per heavy atom. The lowest BCUT2D eigenvalue weighted by Gasteiger charge is -2.31. The summed E-state index contributed by atoms with van der Waals surface area (Å²) in [4.78, 5) is 57.1. The molecule has 0 radical (unpaired) electrons. The summed E-state index contributed by atoms with van der Waals surface area (Å²) in [6.45, 7) is 1.78. The SMILES string of the molecule is O=C(Cn1c2c(sc1=O)[C@@H](c1ccccc1)[C@@H]1C(=O)N(c3ccc(Cl)cc3)C(=O)[C@@H]1S2)N1CCOCC1. The Hall–Kier alpha value is -2.92. The predicted octanol–water partition coefficient (Wildman–Crippen LogP) is 3.22. The van der Waals surface area contributed by atoms with Crippen LogP contribution in [0.5, 0.6) is 0 Å². The van der Waals surface area contributed by atoms with Crippen molar-refractivity contribution in [2.75, 3.05) is 31.2 Å². The minimum atomic E-state index is -0.723. The molecule has 2 saturated heterocycles. The monoisotopic (exact) mass is 555 g/mol. The zero-order valence-electron chi connectivity index (χ0n) is 19.5. The van der Waals surface area contributed by atoms with Crippen molar-refractivity contribution < 1.29 is 19.1 Å². The largest absolute Gasteiger partial charge is 0.378 e. The molecule has 0 aliphatic carbocycles. The van der Waals surface area contributed by atoms with Gasteiger partial charge in [-0.1, -0.05) is 65.0 Å². The van der Waals surface area contributed by atoms with E-state index in [-0.39, 0.29) is 29.1 Å². The minimum absolute atomic E-state index is 0.112. The summed E-state index contributed by atoms with van der Waals surface area (Å²) < 4.78 is 6.81. The van der Waals surface area contributed by atoms with E-state index in [4.69, 9.17) is 16.3 Å². The quantitative estimate of drug-likeness (QED) is 0.459. The number of hydrogen-bond acceptors (Lipinski definition) is 7. The molecule has 3 aliphatic heterocycles. The molecule has 0 bridgehead atoms. The number of carbonyl (C=O) groups excluding carboxylic acids is 3. The van der Waals surface area contributed by atoms with E-state index in [1.165, 1.54) is 21.2 Å². The van der Waals surface area contributed by atoms with Gasteiger partial charge in [-0.2, -0.15) is 0 Å². The summed E-state index contributed by atoms with van der Waals surface area (Å²) in [5, 5.41) is 0.373. The maximum Gasteiger partial charge on any atom is 0.308 e. The van der Waals surface area contributed by atoms with E-state index in [9.17, 15) is 19.2 Å². The molecule has 2 aromatic carbocycles. The Labute approximate surface area is 225 Å². The Balaban J connectivity index is 1.42. The van der Waals surface area contributed by atoms with Crippen LogP contribution in [0.2, 0.25) is 5.02 Å². The van der Waals surface area contributed by atoms with Crippen molar-refractivity contribution in [2.45, 2.75) is 22.7 Å². The number of aromatic nitrogens is 1. The highest BCUT2D eigenvalue weighted by atomic mass is 35.5. The maximum absolute atomic E-state index is 13.8. The molecule has 3 aromatic rings. The topological polar surface area (TPSA) is 88.9 Å². The van der Waals surface area contributed by atoms with Gasteiger partial charge in [-0.15, -0.1) is 0 Å². The van der Waals surface area contributed by atoms with Gasteiger partial charge in [-0.05, 0) is 29.8 Å². The molecule has 4 heterocycles. The third-order valence-corrected chi connectivity index (χ3v) is 9.81. The Morgan fingerprint density at radius 3 is 2.38 bits per heavy atom. The summed E-state index contributed by atoms with van der Waals surface area (Å²) in [5.41, 5.74) is 1.32. The Morgan fingerprint density at radius 1 is 0.973 bits per heavy atom. The molecule has 11 heteroatoms. The van der Waals surface area contributed by atoms with Gasteiger partial charge in [0.2, 0.25) is 17.7 Å². The second kappa shape index (κ2) is 9.75. The van der Waals surface area contributed by atoms with Gasteiger partial charge >= 0.3 is 4.87 Å². The zero-order chi connectivity index (χ0) is 25.7. The van der Waals surface area contributed by atoms with E-state index in [0.29, 0.717) is 42.0 Å². The van der Waals surface area contributed by atoms with Gasteiger partial charge in [0, 0.05) is 28.9 Å². The van der Waals surface area contributed by atoms with Gasteiger partial charge in [0.05, 0.1) is 29.8 Å². The van der Waals surface area contributed by atoms with Crippen molar-refractivity contribution in [2.24, 2.45) is 5.92 Å². The number of ether oxygens (including phenoxy) is 1. The molecule has 0 unspecified atom stereocenters. The number of amides is 3. The first kappa shape index (κ1) is 24.4. The fourth-order valence-corrected chi connectivity index (χ4v) is 8.07. The smallest absolute Gasteiger partial charge is 0.308 e. The highest BCUT2D eigenvalue weighted by Gasteiger charge is 2.56. The number of benzene rings is 2. The summed E-state index contributed by atoms with van der Waals surface area (Å²) in [6.07, 6.45) is 0. The molecule has 1 aromatic heterocycles.